The molecule has 166 valence electrons. The lowest BCUT2D eigenvalue weighted by Crippen LogP contribution is -2.45. The SMILES string of the molecule is CC(C)(O)CC(=O)N1CCC2CN(c3cccc4c3cnn4-c3ccccc3F)C(=O)C21. The van der Waals surface area contributed by atoms with Crippen molar-refractivity contribution in [1.29, 1.82) is 0 Å². The fourth-order valence-corrected chi connectivity index (χ4v) is 4.92. The van der Waals surface area contributed by atoms with Gasteiger partial charge in [0.1, 0.15) is 17.5 Å². The van der Waals surface area contributed by atoms with Crippen LogP contribution in [0.3, 0.4) is 0 Å². The van der Waals surface area contributed by atoms with Crippen LogP contribution in [-0.2, 0) is 9.59 Å². The van der Waals surface area contributed by atoms with Gasteiger partial charge in [-0.25, -0.2) is 9.07 Å². The van der Waals surface area contributed by atoms with Gasteiger partial charge in [-0.05, 0) is 44.5 Å². The Balaban J connectivity index is 1.48. The molecule has 8 heteroatoms. The van der Waals surface area contributed by atoms with E-state index >= 15 is 0 Å². The topological polar surface area (TPSA) is 78.7 Å². The molecule has 2 amide bonds. The number of carbonyl (C=O) groups excluding carboxylic acids is 2. The number of halogens is 1. The molecule has 1 aromatic heterocycles. The van der Waals surface area contributed by atoms with E-state index in [0.717, 1.165) is 11.8 Å². The average Bonchev–Trinajstić information content (AvgIpc) is 3.42. The van der Waals surface area contributed by atoms with E-state index in [-0.39, 0.29) is 30.0 Å². The van der Waals surface area contributed by atoms with Crippen molar-refractivity contribution < 1.29 is 19.1 Å². The molecule has 2 aromatic carbocycles. The van der Waals surface area contributed by atoms with Crippen LogP contribution in [0.4, 0.5) is 10.1 Å². The number of para-hydroxylation sites is 1. The highest BCUT2D eigenvalue weighted by Crippen LogP contribution is 2.38. The third-order valence-electron chi connectivity index (χ3n) is 6.33. The molecular weight excluding hydrogens is 411 g/mol. The van der Waals surface area contributed by atoms with Gasteiger partial charge in [0, 0.05) is 24.4 Å². The van der Waals surface area contributed by atoms with Crippen LogP contribution in [0, 0.1) is 11.7 Å². The molecule has 2 aliphatic rings. The first-order chi connectivity index (χ1) is 15.2. The molecule has 1 N–H and O–H groups in total. The number of hydrogen-bond acceptors (Lipinski definition) is 4. The van der Waals surface area contributed by atoms with Crippen LogP contribution in [-0.4, -0.2) is 56.3 Å². The maximum Gasteiger partial charge on any atom is 0.250 e. The molecule has 0 aliphatic carbocycles. The number of carbonyl (C=O) groups is 2. The van der Waals surface area contributed by atoms with Gasteiger partial charge in [-0.1, -0.05) is 18.2 Å². The second kappa shape index (κ2) is 7.41. The van der Waals surface area contributed by atoms with Gasteiger partial charge in [0.15, 0.2) is 0 Å². The maximum absolute atomic E-state index is 14.4. The molecular formula is C24H25FN4O3. The molecule has 2 atom stereocenters. The molecule has 3 heterocycles. The minimum absolute atomic E-state index is 0.0194. The van der Waals surface area contributed by atoms with Crippen molar-refractivity contribution in [3.8, 4) is 5.69 Å². The van der Waals surface area contributed by atoms with Crippen molar-refractivity contribution in [3.63, 3.8) is 0 Å². The zero-order valence-electron chi connectivity index (χ0n) is 18.0. The molecule has 7 nitrogen and oxygen atoms in total. The summed E-state index contributed by atoms with van der Waals surface area (Å²) in [5.74, 6) is -0.658. The van der Waals surface area contributed by atoms with Gasteiger partial charge in [0.2, 0.25) is 11.8 Å². The Kier molecular flexibility index (Phi) is 4.78. The standard InChI is InChI=1S/C24H25FN4O3/c1-24(2,32)12-21(30)27-11-10-15-14-28(23(31)22(15)27)18-8-5-9-19-16(18)13-26-29(19)20-7-4-3-6-17(20)25/h3-9,13,15,22,32H,10-12,14H2,1-2H3. The number of hydrogen-bond donors (Lipinski definition) is 1. The predicted molar refractivity (Wildman–Crippen MR) is 118 cm³/mol. The number of aromatic nitrogens is 2. The van der Waals surface area contributed by atoms with Crippen molar-refractivity contribution in [3.05, 3.63) is 54.5 Å². The summed E-state index contributed by atoms with van der Waals surface area (Å²) < 4.78 is 15.9. The molecule has 32 heavy (non-hydrogen) atoms. The third kappa shape index (κ3) is 3.35. The zero-order chi connectivity index (χ0) is 22.6. The smallest absolute Gasteiger partial charge is 0.250 e. The van der Waals surface area contributed by atoms with Crippen molar-refractivity contribution in [2.24, 2.45) is 5.92 Å². The van der Waals surface area contributed by atoms with Gasteiger partial charge in [0.25, 0.3) is 0 Å². The Labute approximate surface area is 185 Å². The molecule has 0 bridgehead atoms. The van der Waals surface area contributed by atoms with Crippen LogP contribution in [0.5, 0.6) is 0 Å². The Morgan fingerprint density at radius 2 is 1.94 bits per heavy atom. The van der Waals surface area contributed by atoms with E-state index in [1.54, 1.807) is 48.0 Å². The molecule has 0 spiro atoms. The fourth-order valence-electron chi connectivity index (χ4n) is 4.92. The number of amides is 2. The van der Waals surface area contributed by atoms with Crippen LogP contribution in [0.25, 0.3) is 16.6 Å². The number of anilines is 1. The van der Waals surface area contributed by atoms with E-state index in [4.69, 9.17) is 0 Å². The van der Waals surface area contributed by atoms with E-state index < -0.39 is 11.6 Å². The highest BCUT2D eigenvalue weighted by Gasteiger charge is 2.50. The summed E-state index contributed by atoms with van der Waals surface area (Å²) in [5.41, 5.74) is 0.628. The molecule has 2 saturated heterocycles. The Morgan fingerprint density at radius 3 is 2.69 bits per heavy atom. The minimum atomic E-state index is -1.12. The molecule has 3 aromatic rings. The highest BCUT2D eigenvalue weighted by molar-refractivity contribution is 6.08. The van der Waals surface area contributed by atoms with E-state index in [1.165, 1.54) is 10.7 Å². The monoisotopic (exact) mass is 436 g/mol. The lowest BCUT2D eigenvalue weighted by atomic mass is 10.0. The Hall–Kier alpha value is -3.26. The van der Waals surface area contributed by atoms with Crippen molar-refractivity contribution >= 4 is 28.4 Å². The predicted octanol–water partition coefficient (Wildman–Crippen LogP) is 2.89. The summed E-state index contributed by atoms with van der Waals surface area (Å²) >= 11 is 0. The minimum Gasteiger partial charge on any atom is -0.390 e. The molecule has 5 rings (SSSR count). The lowest BCUT2D eigenvalue weighted by molar-refractivity contribution is -0.140. The van der Waals surface area contributed by atoms with Crippen LogP contribution in [0.2, 0.25) is 0 Å². The summed E-state index contributed by atoms with van der Waals surface area (Å²) in [6.45, 7) is 4.23. The Morgan fingerprint density at radius 1 is 1.19 bits per heavy atom. The van der Waals surface area contributed by atoms with E-state index in [2.05, 4.69) is 5.10 Å². The lowest BCUT2D eigenvalue weighted by Gasteiger charge is -2.27. The van der Waals surface area contributed by atoms with Crippen molar-refractivity contribution in [2.45, 2.75) is 38.3 Å². The van der Waals surface area contributed by atoms with E-state index in [1.807, 2.05) is 18.2 Å². The van der Waals surface area contributed by atoms with E-state index in [0.29, 0.717) is 30.0 Å². The quantitative estimate of drug-likeness (QED) is 0.682. The maximum atomic E-state index is 14.4. The summed E-state index contributed by atoms with van der Waals surface area (Å²) in [7, 11) is 0. The summed E-state index contributed by atoms with van der Waals surface area (Å²) in [4.78, 5) is 29.5. The number of rotatable bonds is 4. The summed E-state index contributed by atoms with van der Waals surface area (Å²) in [5, 5.41) is 15.2. The van der Waals surface area contributed by atoms with Gasteiger partial charge in [-0.15, -0.1) is 0 Å². The summed E-state index contributed by atoms with van der Waals surface area (Å²) in [6.07, 6.45) is 2.37. The number of benzene rings is 2. The first-order valence-electron chi connectivity index (χ1n) is 10.8. The van der Waals surface area contributed by atoms with Crippen molar-refractivity contribution in [2.75, 3.05) is 18.0 Å². The molecule has 0 saturated carbocycles. The molecule has 2 fully saturated rings. The van der Waals surface area contributed by atoms with Gasteiger partial charge in [0.05, 0.1) is 29.4 Å². The van der Waals surface area contributed by atoms with Gasteiger partial charge >= 0.3 is 0 Å². The van der Waals surface area contributed by atoms with Gasteiger partial charge in [-0.3, -0.25) is 9.59 Å². The molecule has 0 radical (unpaired) electrons. The fraction of sp³-hybridized carbons (Fsp3) is 0.375. The highest BCUT2D eigenvalue weighted by atomic mass is 19.1. The van der Waals surface area contributed by atoms with Gasteiger partial charge < -0.3 is 14.9 Å². The number of nitrogens with zero attached hydrogens (tertiary/aromatic N) is 4. The average molecular weight is 436 g/mol. The second-order valence-corrected chi connectivity index (χ2v) is 9.24. The summed E-state index contributed by atoms with van der Waals surface area (Å²) in [6, 6.07) is 11.4. The third-order valence-corrected chi connectivity index (χ3v) is 6.33. The van der Waals surface area contributed by atoms with Crippen LogP contribution in [0.15, 0.2) is 48.7 Å². The van der Waals surface area contributed by atoms with E-state index in [9.17, 15) is 19.1 Å². The molecule has 2 unspecified atom stereocenters. The largest absolute Gasteiger partial charge is 0.390 e. The van der Waals surface area contributed by atoms with Crippen molar-refractivity contribution in [1.82, 2.24) is 14.7 Å². The van der Waals surface area contributed by atoms with Crippen LogP contribution >= 0.6 is 0 Å². The van der Waals surface area contributed by atoms with Crippen LogP contribution < -0.4 is 4.90 Å². The zero-order valence-corrected chi connectivity index (χ0v) is 18.0. The van der Waals surface area contributed by atoms with Crippen LogP contribution in [0.1, 0.15) is 26.7 Å². The number of likely N-dealkylation sites (tertiary alicyclic amines) is 1. The normalized spacial score (nSPS) is 20.9. The van der Waals surface area contributed by atoms with Gasteiger partial charge in [-0.2, -0.15) is 5.10 Å². The Bertz CT molecular complexity index is 1220. The first-order valence-corrected chi connectivity index (χ1v) is 10.8. The number of fused-ring (bicyclic) bond motifs is 2. The second-order valence-electron chi connectivity index (χ2n) is 9.24. The first kappa shape index (κ1) is 20.6. The number of aliphatic hydroxyl groups is 1. The molecule has 2 aliphatic heterocycles.